The van der Waals surface area contributed by atoms with E-state index < -0.39 is 0 Å². The Hall–Kier alpha value is -0.320. The van der Waals surface area contributed by atoms with Crippen LogP contribution in [0.3, 0.4) is 0 Å². The Kier molecular flexibility index (Phi) is 14.3. The molecule has 0 bridgehead atoms. The molecule has 1 atom stereocenters. The zero-order chi connectivity index (χ0) is 17.8. The highest BCUT2D eigenvalue weighted by Gasteiger charge is 2.18. The summed E-state index contributed by atoms with van der Waals surface area (Å²) in [5.41, 5.74) is 0.923. The van der Waals surface area contributed by atoms with Crippen molar-refractivity contribution in [3.8, 4) is 0 Å². The molecule has 0 aromatic heterocycles. The van der Waals surface area contributed by atoms with Gasteiger partial charge in [0, 0.05) is 15.3 Å². The van der Waals surface area contributed by atoms with Crippen molar-refractivity contribution in [1.82, 2.24) is 4.72 Å². The first-order chi connectivity index (χ1) is 10.3. The molecule has 0 saturated heterocycles. The topological polar surface area (TPSA) is 12.0 Å². The van der Waals surface area contributed by atoms with Crippen molar-refractivity contribution in [2.24, 2.45) is 0 Å². The third kappa shape index (κ3) is 10.4. The maximum atomic E-state index is 13.3. The molecule has 1 aromatic rings. The van der Waals surface area contributed by atoms with Gasteiger partial charge in [0.15, 0.2) is 0 Å². The number of rotatable bonds is 5. The summed E-state index contributed by atoms with van der Waals surface area (Å²) in [6.45, 7) is 18.2. The van der Waals surface area contributed by atoms with Gasteiger partial charge < -0.3 is 0 Å². The van der Waals surface area contributed by atoms with E-state index in [1.54, 1.807) is 24.1 Å². The molecule has 128 valence electrons. The van der Waals surface area contributed by atoms with Crippen molar-refractivity contribution in [3.63, 3.8) is 0 Å². The Balaban J connectivity index is 0. The second-order valence-electron chi connectivity index (χ2n) is 5.08. The smallest absolute Gasteiger partial charge is 0.123 e. The molecule has 0 fully saturated rings. The van der Waals surface area contributed by atoms with E-state index in [-0.39, 0.29) is 16.6 Å². The Labute approximate surface area is 149 Å². The van der Waals surface area contributed by atoms with Crippen LogP contribution in [0.4, 0.5) is 4.39 Å². The van der Waals surface area contributed by atoms with Crippen molar-refractivity contribution < 1.29 is 4.39 Å². The molecule has 0 saturated carbocycles. The summed E-state index contributed by atoms with van der Waals surface area (Å²) < 4.78 is 17.8. The fourth-order valence-electron chi connectivity index (χ4n) is 1.43. The molecule has 1 N–H and O–H groups in total. The second kappa shape index (κ2) is 13.1. The molecule has 1 rings (SSSR count). The number of halogens is 2. The van der Waals surface area contributed by atoms with Crippen LogP contribution in [0.1, 0.15) is 66.5 Å². The van der Waals surface area contributed by atoms with E-state index in [1.807, 2.05) is 33.8 Å². The van der Waals surface area contributed by atoms with Gasteiger partial charge >= 0.3 is 0 Å². The van der Waals surface area contributed by atoms with Gasteiger partial charge in [-0.05, 0) is 51.0 Å². The number of hydrogen-bond donors (Lipinski definition) is 1. The van der Waals surface area contributed by atoms with E-state index in [4.69, 9.17) is 0 Å². The summed E-state index contributed by atoms with van der Waals surface area (Å²) in [7, 11) is 0. The van der Waals surface area contributed by atoms with E-state index in [9.17, 15) is 4.39 Å². The summed E-state index contributed by atoms with van der Waals surface area (Å²) in [5.74, 6) is -0.218. The quantitative estimate of drug-likeness (QED) is 0.417. The van der Waals surface area contributed by atoms with Crippen LogP contribution in [0.25, 0.3) is 0 Å². The minimum atomic E-state index is -0.218. The van der Waals surface area contributed by atoms with E-state index in [0.29, 0.717) is 0 Å². The molecule has 4 heteroatoms. The van der Waals surface area contributed by atoms with Crippen LogP contribution in [-0.2, 0) is 0 Å². The van der Waals surface area contributed by atoms with Gasteiger partial charge in [0.25, 0.3) is 0 Å². The van der Waals surface area contributed by atoms with Gasteiger partial charge in [-0.1, -0.05) is 61.6 Å². The van der Waals surface area contributed by atoms with Crippen LogP contribution >= 0.6 is 27.9 Å². The molecular weight excluding hydrogens is 361 g/mol. The molecule has 1 nitrogen and oxygen atoms in total. The van der Waals surface area contributed by atoms with Gasteiger partial charge in [-0.3, -0.25) is 4.72 Å². The maximum Gasteiger partial charge on any atom is 0.123 e. The highest BCUT2D eigenvalue weighted by atomic mass is 79.9. The fourth-order valence-corrected chi connectivity index (χ4v) is 2.68. The molecule has 0 aliphatic heterocycles. The molecule has 1 aromatic carbocycles. The van der Waals surface area contributed by atoms with E-state index in [0.717, 1.165) is 16.5 Å². The predicted molar refractivity (Wildman–Crippen MR) is 105 cm³/mol. The Morgan fingerprint density at radius 1 is 1.27 bits per heavy atom. The minimum Gasteiger partial charge on any atom is -0.256 e. The number of hydrogen-bond acceptors (Lipinski definition) is 2. The number of benzene rings is 1. The molecule has 0 heterocycles. The Morgan fingerprint density at radius 3 is 2.27 bits per heavy atom. The normalized spacial score (nSPS) is 11.5. The Bertz CT molecular complexity index is 416. The first kappa shape index (κ1) is 23.9. The van der Waals surface area contributed by atoms with Gasteiger partial charge in [0.2, 0.25) is 0 Å². The van der Waals surface area contributed by atoms with Crippen molar-refractivity contribution >= 4 is 27.9 Å². The summed E-state index contributed by atoms with van der Waals surface area (Å²) >= 11 is 5.12. The molecule has 0 radical (unpaired) electrons. The fraction of sp³-hybridized carbons (Fsp3) is 0.556. The zero-order valence-electron chi connectivity index (χ0n) is 15.0. The van der Waals surface area contributed by atoms with Crippen molar-refractivity contribution in [2.75, 3.05) is 0 Å². The van der Waals surface area contributed by atoms with Gasteiger partial charge in [0.05, 0.1) is 0 Å². The van der Waals surface area contributed by atoms with E-state index >= 15 is 0 Å². The van der Waals surface area contributed by atoms with E-state index in [1.165, 1.54) is 6.07 Å². The monoisotopic (exact) mass is 391 g/mol. The lowest BCUT2D eigenvalue weighted by molar-refractivity contribution is 0.612. The van der Waals surface area contributed by atoms with Crippen molar-refractivity contribution in [3.05, 3.63) is 46.7 Å². The summed E-state index contributed by atoms with van der Waals surface area (Å²) in [5, 5.41) is 0. The SMILES string of the molecule is C=CCC(NSC(C)(C)C)c1cc(F)ccc1Br.CC.CC. The third-order valence-corrected chi connectivity index (χ3v) is 3.98. The molecule has 0 aliphatic rings. The average Bonchev–Trinajstić information content (AvgIpc) is 2.49. The van der Waals surface area contributed by atoms with Crippen LogP contribution in [0.5, 0.6) is 0 Å². The second-order valence-corrected chi connectivity index (χ2v) is 7.59. The lowest BCUT2D eigenvalue weighted by Gasteiger charge is -2.24. The summed E-state index contributed by atoms with van der Waals surface area (Å²) in [4.78, 5) is 0. The van der Waals surface area contributed by atoms with Gasteiger partial charge in [-0.25, -0.2) is 4.39 Å². The highest BCUT2D eigenvalue weighted by molar-refractivity contribution is 9.10. The van der Waals surface area contributed by atoms with Crippen LogP contribution in [0.15, 0.2) is 35.3 Å². The maximum absolute atomic E-state index is 13.3. The molecular formula is C18H31BrFNS. The largest absolute Gasteiger partial charge is 0.256 e. The van der Waals surface area contributed by atoms with E-state index in [2.05, 4.69) is 48.0 Å². The minimum absolute atomic E-state index is 0.0526. The third-order valence-electron chi connectivity index (χ3n) is 2.24. The van der Waals surface area contributed by atoms with Crippen LogP contribution in [0.2, 0.25) is 0 Å². The van der Waals surface area contributed by atoms with Crippen molar-refractivity contribution in [2.45, 2.75) is 65.7 Å². The van der Waals surface area contributed by atoms with Gasteiger partial charge in [-0.2, -0.15) is 0 Å². The van der Waals surface area contributed by atoms with Crippen LogP contribution in [-0.4, -0.2) is 4.75 Å². The van der Waals surface area contributed by atoms with Crippen molar-refractivity contribution in [1.29, 1.82) is 0 Å². The average molecular weight is 392 g/mol. The lowest BCUT2D eigenvalue weighted by atomic mass is 10.0. The van der Waals surface area contributed by atoms with Gasteiger partial charge in [0.1, 0.15) is 5.82 Å². The van der Waals surface area contributed by atoms with Gasteiger partial charge in [-0.15, -0.1) is 6.58 Å². The summed E-state index contributed by atoms with van der Waals surface area (Å²) in [6, 6.07) is 4.81. The molecule has 0 amide bonds. The molecule has 0 spiro atoms. The first-order valence-electron chi connectivity index (χ1n) is 7.83. The van der Waals surface area contributed by atoms with Crippen LogP contribution < -0.4 is 4.72 Å². The predicted octanol–water partition coefficient (Wildman–Crippen LogP) is 7.29. The first-order valence-corrected chi connectivity index (χ1v) is 9.44. The number of nitrogens with one attached hydrogen (secondary N) is 1. The zero-order valence-corrected chi connectivity index (χ0v) is 17.4. The summed E-state index contributed by atoms with van der Waals surface area (Å²) in [6.07, 6.45) is 2.60. The van der Waals surface area contributed by atoms with Crippen LogP contribution in [0, 0.1) is 5.82 Å². The standard InChI is InChI=1S/C14H19BrFNS.2C2H6/c1-5-6-13(17-18-14(2,3)4)11-9-10(16)7-8-12(11)15;2*1-2/h5,7-9,13,17H,1,6H2,2-4H3;2*1-2H3. The molecule has 22 heavy (non-hydrogen) atoms. The lowest BCUT2D eigenvalue weighted by Crippen LogP contribution is -2.21. The Morgan fingerprint density at radius 2 is 1.82 bits per heavy atom. The molecule has 1 unspecified atom stereocenters. The highest BCUT2D eigenvalue weighted by Crippen LogP contribution is 2.31. The molecule has 0 aliphatic carbocycles.